The van der Waals surface area contributed by atoms with Crippen LogP contribution in [0.15, 0.2) is 138 Å². The summed E-state index contributed by atoms with van der Waals surface area (Å²) in [7, 11) is 0. The lowest BCUT2D eigenvalue weighted by Crippen LogP contribution is -2.32. The average molecular weight is 587 g/mol. The van der Waals surface area contributed by atoms with Gasteiger partial charge in [0.05, 0.1) is 0 Å². The van der Waals surface area contributed by atoms with E-state index in [1.165, 1.54) is 44.3 Å². The molecule has 12 rings (SSSR count). The Morgan fingerprint density at radius 2 is 0.867 bits per heavy atom. The molecular weight excluding hydrogens is 556 g/mol. The first-order valence-corrected chi connectivity index (χ1v) is 15.3. The lowest BCUT2D eigenvalue weighted by atomic mass is 10.1. The predicted octanol–water partition coefficient (Wildman–Crippen LogP) is 6.39. The monoisotopic (exact) mass is 586 g/mol. The van der Waals surface area contributed by atoms with E-state index in [-0.39, 0.29) is 0 Å². The van der Waals surface area contributed by atoms with Gasteiger partial charge < -0.3 is 4.42 Å². The van der Waals surface area contributed by atoms with E-state index >= 15 is 0 Å². The normalized spacial score (nSPS) is 13.0. The number of imidazole rings is 2. The third-order valence-electron chi connectivity index (χ3n) is 8.82. The van der Waals surface area contributed by atoms with Crippen molar-refractivity contribution in [1.82, 2.24) is 19.3 Å². The van der Waals surface area contributed by atoms with Gasteiger partial charge >= 0.3 is 0 Å². The molecule has 3 aromatic heterocycles. The molecule has 8 aromatic rings. The van der Waals surface area contributed by atoms with Gasteiger partial charge in [-0.3, -0.25) is 0 Å². The van der Waals surface area contributed by atoms with Gasteiger partial charge in [0.1, 0.15) is 26.2 Å². The van der Waals surface area contributed by atoms with E-state index in [1.807, 2.05) is 0 Å². The first-order valence-electron chi connectivity index (χ1n) is 15.3. The van der Waals surface area contributed by atoms with Crippen LogP contribution < -0.4 is 9.13 Å². The van der Waals surface area contributed by atoms with Gasteiger partial charge in [-0.1, -0.05) is 72.8 Å². The van der Waals surface area contributed by atoms with Crippen molar-refractivity contribution in [2.75, 3.05) is 0 Å². The van der Waals surface area contributed by atoms with Crippen molar-refractivity contribution in [3.63, 3.8) is 0 Å². The molecular formula is C38H30N6O+2. The molecule has 0 unspecified atom stereocenters. The maximum atomic E-state index is 6.12. The Morgan fingerprint density at radius 1 is 0.467 bits per heavy atom. The minimum atomic E-state index is 0.518. The maximum Gasteiger partial charge on any atom is 0.248 e. The molecule has 0 spiro atoms. The van der Waals surface area contributed by atoms with Gasteiger partial charge in [-0.2, -0.15) is 0 Å². The molecule has 0 radical (unpaired) electrons. The summed E-state index contributed by atoms with van der Waals surface area (Å²) in [5, 5.41) is 8.73. The predicted molar refractivity (Wildman–Crippen MR) is 172 cm³/mol. The third kappa shape index (κ3) is 4.69. The molecule has 0 N–H and O–H groups in total. The van der Waals surface area contributed by atoms with Crippen molar-refractivity contribution >= 4 is 22.1 Å². The summed E-state index contributed by atoms with van der Waals surface area (Å²) < 4.78 is 15.4. The smallest absolute Gasteiger partial charge is 0.248 e. The SMILES string of the molecule is c1ccc2c(c1)n1c[n+]2Cc2ccc(cc2)-c2nnc(o2)-c2ccc(cc2)C[n+]2cn(c3ccccc32)Cc2ccc(cc2)C1. The zero-order valence-corrected chi connectivity index (χ0v) is 24.6. The molecule has 4 aliphatic rings. The Bertz CT molecular complexity index is 2150. The lowest BCUT2D eigenvalue weighted by Gasteiger charge is -2.03. The molecule has 0 saturated heterocycles. The number of rotatable bonds is 0. The molecule has 7 heterocycles. The van der Waals surface area contributed by atoms with Crippen LogP contribution >= 0.6 is 0 Å². The largest absolute Gasteiger partial charge is 0.416 e. The summed E-state index contributed by atoms with van der Waals surface area (Å²) >= 11 is 0. The van der Waals surface area contributed by atoms with Gasteiger partial charge in [0.15, 0.2) is 22.1 Å². The molecule has 4 aliphatic heterocycles. The molecule has 0 amide bonds. The van der Waals surface area contributed by atoms with Gasteiger partial charge in [-0.05, 0) is 70.8 Å². The van der Waals surface area contributed by atoms with Gasteiger partial charge in [0.2, 0.25) is 24.4 Å². The fourth-order valence-corrected chi connectivity index (χ4v) is 6.49. The number of aromatic nitrogens is 6. The van der Waals surface area contributed by atoms with Gasteiger partial charge in [-0.25, -0.2) is 18.3 Å². The third-order valence-corrected chi connectivity index (χ3v) is 8.82. The summed E-state index contributed by atoms with van der Waals surface area (Å²) in [4.78, 5) is 0. The van der Waals surface area contributed by atoms with Gasteiger partial charge in [0, 0.05) is 11.1 Å². The number of fused-ring (bicyclic) bond motifs is 5. The van der Waals surface area contributed by atoms with Crippen LogP contribution in [0.1, 0.15) is 22.3 Å². The van der Waals surface area contributed by atoms with Crippen molar-refractivity contribution in [3.05, 3.63) is 156 Å². The fourth-order valence-electron chi connectivity index (χ4n) is 6.49. The number of hydrogen-bond acceptors (Lipinski definition) is 3. The van der Waals surface area contributed by atoms with Crippen LogP contribution in [-0.2, 0) is 26.2 Å². The second kappa shape index (κ2) is 10.4. The zero-order valence-electron chi connectivity index (χ0n) is 24.6. The van der Waals surface area contributed by atoms with Crippen LogP contribution in [0.25, 0.3) is 45.0 Å². The van der Waals surface area contributed by atoms with Crippen LogP contribution in [0.3, 0.4) is 0 Å². The van der Waals surface area contributed by atoms with Crippen LogP contribution in [-0.4, -0.2) is 19.3 Å². The summed E-state index contributed by atoms with van der Waals surface area (Å²) in [6.07, 6.45) is 4.46. The molecule has 12 bridgehead atoms. The van der Waals surface area contributed by atoms with E-state index in [2.05, 4.69) is 162 Å². The van der Waals surface area contributed by atoms with E-state index in [4.69, 9.17) is 4.42 Å². The topological polar surface area (TPSA) is 56.5 Å². The highest BCUT2D eigenvalue weighted by Crippen LogP contribution is 2.25. The van der Waals surface area contributed by atoms with E-state index in [9.17, 15) is 0 Å². The Balaban J connectivity index is 1.15. The molecule has 0 atom stereocenters. The second-order valence-electron chi connectivity index (χ2n) is 11.8. The molecule has 45 heavy (non-hydrogen) atoms. The standard InChI is InChI=1S/C38H30N6O/c1-3-7-35-33(5-1)41-21-27-9-11-28(12-10-27)22-42-26-44(36-8-4-2-6-34(36)42)24-30-15-19-32(20-16-30)38-40-39-37(45-38)31-17-13-29(14-18-31)23-43(35)25-41/h1-20,25-26H,21-24H2/q+2. The Kier molecular flexibility index (Phi) is 5.94. The molecule has 216 valence electrons. The van der Waals surface area contributed by atoms with Crippen LogP contribution in [0, 0.1) is 0 Å². The summed E-state index contributed by atoms with van der Waals surface area (Å²) in [6.45, 7) is 3.13. The van der Waals surface area contributed by atoms with Crippen molar-refractivity contribution in [1.29, 1.82) is 0 Å². The van der Waals surface area contributed by atoms with Crippen LogP contribution in [0.2, 0.25) is 0 Å². The number of hydrogen-bond donors (Lipinski definition) is 0. The highest BCUT2D eigenvalue weighted by atomic mass is 16.4. The van der Waals surface area contributed by atoms with Gasteiger partial charge in [0.25, 0.3) is 0 Å². The second-order valence-corrected chi connectivity index (χ2v) is 11.8. The highest BCUT2D eigenvalue weighted by molar-refractivity contribution is 5.72. The number of para-hydroxylation sites is 4. The first kappa shape index (κ1) is 25.7. The summed E-state index contributed by atoms with van der Waals surface area (Å²) in [6, 6.07) is 43.1. The quantitative estimate of drug-likeness (QED) is 0.194. The van der Waals surface area contributed by atoms with E-state index < -0.39 is 0 Å². The summed E-state index contributed by atoms with van der Waals surface area (Å²) in [5.74, 6) is 1.04. The van der Waals surface area contributed by atoms with Crippen LogP contribution in [0.4, 0.5) is 0 Å². The lowest BCUT2D eigenvalue weighted by molar-refractivity contribution is -0.663. The average Bonchev–Trinajstić information content (AvgIpc) is 3.80. The number of benzene rings is 5. The fraction of sp³-hybridized carbons (Fsp3) is 0.105. The number of nitrogens with zero attached hydrogens (tertiary/aromatic N) is 6. The molecule has 0 aliphatic carbocycles. The van der Waals surface area contributed by atoms with Crippen LogP contribution in [0.5, 0.6) is 0 Å². The zero-order chi connectivity index (χ0) is 29.7. The molecule has 7 heteroatoms. The minimum absolute atomic E-state index is 0.518. The maximum absolute atomic E-state index is 6.12. The Labute approximate surface area is 259 Å². The molecule has 0 saturated carbocycles. The first-order chi connectivity index (χ1) is 22.2. The van der Waals surface area contributed by atoms with Crippen molar-refractivity contribution in [2.24, 2.45) is 0 Å². The highest BCUT2D eigenvalue weighted by Gasteiger charge is 2.19. The van der Waals surface area contributed by atoms with Crippen molar-refractivity contribution < 1.29 is 13.6 Å². The Morgan fingerprint density at radius 3 is 1.31 bits per heavy atom. The van der Waals surface area contributed by atoms with E-state index in [1.54, 1.807) is 0 Å². The van der Waals surface area contributed by atoms with Gasteiger partial charge in [-0.15, -0.1) is 10.2 Å². The summed E-state index contributed by atoms with van der Waals surface area (Å²) in [5.41, 5.74) is 11.6. The molecule has 7 nitrogen and oxygen atoms in total. The Hall–Kier alpha value is -5.82. The molecule has 0 fully saturated rings. The molecule has 5 aromatic carbocycles. The minimum Gasteiger partial charge on any atom is -0.416 e. The van der Waals surface area contributed by atoms with Crippen molar-refractivity contribution in [3.8, 4) is 22.9 Å². The van der Waals surface area contributed by atoms with Crippen molar-refractivity contribution in [2.45, 2.75) is 26.2 Å². The van der Waals surface area contributed by atoms with E-state index in [0.29, 0.717) is 11.8 Å². The van der Waals surface area contributed by atoms with E-state index in [0.717, 1.165) is 37.3 Å².